The van der Waals surface area contributed by atoms with Crippen molar-refractivity contribution in [3.8, 4) is 5.75 Å². The number of hydrogen-bond acceptors (Lipinski definition) is 6. The molecule has 1 fully saturated rings. The number of carbonyl (C=O) groups excluding carboxylic acids is 3. The monoisotopic (exact) mass is 612 g/mol. The number of nitrogens with one attached hydrogen (secondary N) is 1. The summed E-state index contributed by atoms with van der Waals surface area (Å²) in [5, 5.41) is 2.82. The fourth-order valence-electron chi connectivity index (χ4n) is 4.78. The third-order valence-corrected chi connectivity index (χ3v) is 7.32. The van der Waals surface area contributed by atoms with Gasteiger partial charge in [0.1, 0.15) is 24.2 Å². The highest BCUT2D eigenvalue weighted by Gasteiger charge is 2.52. The average Bonchev–Trinajstić information content (AvgIpc) is 3.37. The van der Waals surface area contributed by atoms with Gasteiger partial charge in [-0.1, -0.05) is 48.5 Å². The zero-order chi connectivity index (χ0) is 28.6. The first-order chi connectivity index (χ1) is 19.3. The average molecular weight is 613 g/mol. The number of hydrogen-bond donors (Lipinski definition) is 1. The summed E-state index contributed by atoms with van der Waals surface area (Å²) >= 11 is 3.48. The first-order valence-corrected chi connectivity index (χ1v) is 13.6. The van der Waals surface area contributed by atoms with Crippen LogP contribution in [0.5, 0.6) is 5.75 Å². The minimum atomic E-state index is -1.02. The highest BCUT2D eigenvalue weighted by molar-refractivity contribution is 9.10. The Morgan fingerprint density at radius 3 is 2.38 bits per heavy atom. The van der Waals surface area contributed by atoms with E-state index in [4.69, 9.17) is 14.2 Å². The molecule has 1 saturated heterocycles. The highest BCUT2D eigenvalue weighted by atomic mass is 79.9. The quantitative estimate of drug-likeness (QED) is 0.319. The molecule has 4 rings (SSSR count). The van der Waals surface area contributed by atoms with Crippen molar-refractivity contribution in [1.29, 1.82) is 0 Å². The predicted octanol–water partition coefficient (Wildman–Crippen LogP) is 5.54. The summed E-state index contributed by atoms with van der Waals surface area (Å²) in [7, 11) is 1.53. The molecule has 0 radical (unpaired) electrons. The van der Waals surface area contributed by atoms with Gasteiger partial charge in [0.2, 0.25) is 5.91 Å². The Morgan fingerprint density at radius 2 is 1.73 bits per heavy atom. The topological polar surface area (TPSA) is 94.2 Å². The van der Waals surface area contributed by atoms with Crippen LogP contribution in [0.25, 0.3) is 0 Å². The Kier molecular flexibility index (Phi) is 9.76. The van der Waals surface area contributed by atoms with Crippen LogP contribution >= 0.6 is 15.9 Å². The maximum atomic E-state index is 13.7. The molecular weight excluding hydrogens is 583 g/mol. The lowest BCUT2D eigenvalue weighted by molar-refractivity contribution is -0.148. The number of likely N-dealkylation sites (tertiary alicyclic amines) is 1. The molecule has 0 aliphatic carbocycles. The number of amides is 2. The first kappa shape index (κ1) is 29.1. The molecule has 1 N–H and O–H groups in total. The first-order valence-electron chi connectivity index (χ1n) is 12.8. The summed E-state index contributed by atoms with van der Waals surface area (Å²) in [6.07, 6.45) is -0.711. The van der Waals surface area contributed by atoms with Gasteiger partial charge in [-0.25, -0.2) is 9.18 Å². The van der Waals surface area contributed by atoms with Crippen LogP contribution in [0, 0.1) is 11.7 Å². The van der Waals surface area contributed by atoms with Gasteiger partial charge in [0.05, 0.1) is 30.1 Å². The lowest BCUT2D eigenvalue weighted by Gasteiger charge is -2.30. The number of esters is 1. The molecule has 1 aliphatic rings. The van der Waals surface area contributed by atoms with Crippen LogP contribution in [-0.4, -0.2) is 42.6 Å². The van der Waals surface area contributed by atoms with E-state index in [-0.39, 0.29) is 32.0 Å². The lowest BCUT2D eigenvalue weighted by atomic mass is 9.93. The smallest absolute Gasteiger partial charge is 0.411 e. The second-order valence-electron chi connectivity index (χ2n) is 9.24. The van der Waals surface area contributed by atoms with E-state index >= 15 is 0 Å². The molecule has 0 saturated carbocycles. The molecule has 1 aliphatic heterocycles. The van der Waals surface area contributed by atoms with Crippen molar-refractivity contribution in [2.45, 2.75) is 38.6 Å². The van der Waals surface area contributed by atoms with E-state index in [0.717, 1.165) is 5.56 Å². The number of halogens is 2. The SMILES string of the molecule is CCOC(=O)C1CC(C(=O)NCc2ccc(F)cc2)N(C(=O)OCc2ccccc2)C1c1ccc(OC)c(Br)c1. The van der Waals surface area contributed by atoms with Gasteiger partial charge < -0.3 is 19.5 Å². The van der Waals surface area contributed by atoms with Gasteiger partial charge in [-0.15, -0.1) is 0 Å². The third kappa shape index (κ3) is 6.80. The number of rotatable bonds is 9. The van der Waals surface area contributed by atoms with Gasteiger partial charge in [0.15, 0.2) is 0 Å². The van der Waals surface area contributed by atoms with Gasteiger partial charge in [-0.3, -0.25) is 14.5 Å². The van der Waals surface area contributed by atoms with Crippen molar-refractivity contribution in [3.05, 3.63) is 99.8 Å². The molecule has 2 amide bonds. The zero-order valence-corrected chi connectivity index (χ0v) is 23.7. The van der Waals surface area contributed by atoms with Gasteiger partial charge in [0.25, 0.3) is 0 Å². The number of nitrogens with zero attached hydrogens (tertiary/aromatic N) is 1. The van der Waals surface area contributed by atoms with Crippen LogP contribution in [0.3, 0.4) is 0 Å². The zero-order valence-electron chi connectivity index (χ0n) is 22.1. The number of ether oxygens (including phenoxy) is 3. The minimum absolute atomic E-state index is 0.0107. The van der Waals surface area contributed by atoms with Crippen molar-refractivity contribution >= 4 is 33.9 Å². The summed E-state index contributed by atoms with van der Waals surface area (Å²) in [6, 6.07) is 18.3. The molecule has 3 unspecified atom stereocenters. The van der Waals surface area contributed by atoms with Crippen molar-refractivity contribution in [3.63, 3.8) is 0 Å². The van der Waals surface area contributed by atoms with E-state index in [9.17, 15) is 18.8 Å². The predicted molar refractivity (Wildman–Crippen MR) is 149 cm³/mol. The van der Waals surface area contributed by atoms with Crippen LogP contribution in [0.4, 0.5) is 9.18 Å². The molecule has 40 heavy (non-hydrogen) atoms. The molecule has 8 nitrogen and oxygen atoms in total. The van der Waals surface area contributed by atoms with Crippen LogP contribution in [0.15, 0.2) is 77.3 Å². The second kappa shape index (κ2) is 13.4. The maximum Gasteiger partial charge on any atom is 0.411 e. The molecular formula is C30H30BrFN2O6. The summed E-state index contributed by atoms with van der Waals surface area (Å²) in [6.45, 7) is 1.95. The molecule has 1 heterocycles. The van der Waals surface area contributed by atoms with Gasteiger partial charge in [0, 0.05) is 6.54 Å². The van der Waals surface area contributed by atoms with E-state index in [0.29, 0.717) is 21.3 Å². The Hall–Kier alpha value is -3.92. The summed E-state index contributed by atoms with van der Waals surface area (Å²) in [4.78, 5) is 41.7. The molecule has 0 spiro atoms. The number of methoxy groups -OCH3 is 1. The van der Waals surface area contributed by atoms with Crippen LogP contribution < -0.4 is 10.1 Å². The maximum absolute atomic E-state index is 13.7. The molecule has 3 atom stereocenters. The highest BCUT2D eigenvalue weighted by Crippen LogP contribution is 2.44. The fourth-order valence-corrected chi connectivity index (χ4v) is 5.34. The Labute approximate surface area is 240 Å². The van der Waals surface area contributed by atoms with E-state index in [1.807, 2.05) is 30.3 Å². The Balaban J connectivity index is 1.67. The minimum Gasteiger partial charge on any atom is -0.496 e. The van der Waals surface area contributed by atoms with Crippen molar-refractivity contribution in [2.75, 3.05) is 13.7 Å². The van der Waals surface area contributed by atoms with Crippen molar-refractivity contribution in [1.82, 2.24) is 10.2 Å². The standard InChI is InChI=1S/C30H30BrFN2O6/c1-3-39-29(36)23-16-25(28(35)33-17-19-9-12-22(32)13-10-19)34(30(37)40-18-20-7-5-4-6-8-20)27(23)21-11-14-26(38-2)24(31)15-21/h4-15,23,25,27H,3,16-18H2,1-2H3,(H,33,35). The molecule has 3 aromatic rings. The molecule has 210 valence electrons. The van der Waals surface area contributed by atoms with Gasteiger partial charge in [-0.2, -0.15) is 0 Å². The molecule has 0 bridgehead atoms. The van der Waals surface area contributed by atoms with Crippen LogP contribution in [-0.2, 0) is 32.2 Å². The summed E-state index contributed by atoms with van der Waals surface area (Å²) in [5.74, 6) is -1.63. The summed E-state index contributed by atoms with van der Waals surface area (Å²) < 4.78 is 30.3. The number of benzene rings is 3. The van der Waals surface area contributed by atoms with E-state index in [1.165, 1.54) is 24.1 Å². The third-order valence-electron chi connectivity index (χ3n) is 6.70. The molecule has 3 aromatic carbocycles. The van der Waals surface area contributed by atoms with Crippen molar-refractivity contribution < 1.29 is 33.0 Å². The Morgan fingerprint density at radius 1 is 1.00 bits per heavy atom. The van der Waals surface area contributed by atoms with E-state index in [2.05, 4.69) is 21.2 Å². The van der Waals surface area contributed by atoms with Gasteiger partial charge >= 0.3 is 12.1 Å². The summed E-state index contributed by atoms with van der Waals surface area (Å²) in [5.41, 5.74) is 2.07. The van der Waals surface area contributed by atoms with Crippen molar-refractivity contribution in [2.24, 2.45) is 5.92 Å². The normalized spacial score (nSPS) is 18.2. The second-order valence-corrected chi connectivity index (χ2v) is 10.1. The lowest BCUT2D eigenvalue weighted by Crippen LogP contribution is -2.47. The number of carbonyl (C=O) groups is 3. The molecule has 0 aromatic heterocycles. The fraction of sp³-hybridized carbons (Fsp3) is 0.300. The largest absolute Gasteiger partial charge is 0.496 e. The molecule has 10 heteroatoms. The van der Waals surface area contributed by atoms with E-state index < -0.39 is 36.0 Å². The van der Waals surface area contributed by atoms with Crippen LogP contribution in [0.1, 0.15) is 36.1 Å². The van der Waals surface area contributed by atoms with Gasteiger partial charge in [-0.05, 0) is 70.2 Å². The van der Waals surface area contributed by atoms with E-state index in [1.54, 1.807) is 37.3 Å². The Bertz CT molecular complexity index is 1340. The van der Waals surface area contributed by atoms with Crippen LogP contribution in [0.2, 0.25) is 0 Å².